The Kier molecular flexibility index (Phi) is 4.21. The van der Waals surface area contributed by atoms with Crippen LogP contribution in [-0.4, -0.2) is 23.5 Å². The minimum Gasteiger partial charge on any atom is -0.394 e. The average molecular weight is 67.5 g/mol. The van der Waals surface area contributed by atoms with Crippen LogP contribution in [-0.2, 0) is 0 Å². The van der Waals surface area contributed by atoms with Gasteiger partial charge in [0.1, 0.15) is 0 Å². The van der Waals surface area contributed by atoms with E-state index in [1.165, 1.54) is 0 Å². The van der Waals surface area contributed by atoms with Crippen LogP contribution in [0.3, 0.4) is 0 Å². The molecule has 0 aliphatic rings. The van der Waals surface area contributed by atoms with Gasteiger partial charge in [0.15, 0.2) is 16.0 Å². The highest BCUT2D eigenvalue weighted by Gasteiger charge is 1.68. The number of hydrogen-bond donors (Lipinski definition) is 2. The minimum absolute atomic E-state index is 0.889. The summed E-state index contributed by atoms with van der Waals surface area (Å²) in [5.41, 5.74) is 0. The lowest BCUT2D eigenvalue weighted by Crippen LogP contribution is -2.28. The van der Waals surface area contributed by atoms with Crippen molar-refractivity contribution in [3.63, 3.8) is 0 Å². The molecule has 0 aromatic carbocycles. The average Bonchev–Trinajstić information content (AvgIpc) is 1.41. The third-order valence-electron chi connectivity index (χ3n) is 0.354. The van der Waals surface area contributed by atoms with Crippen molar-refractivity contribution in [2.45, 2.75) is 0 Å². The highest BCUT2D eigenvalue weighted by Crippen LogP contribution is 1.20. The molecule has 5 heteroatoms. The molecule has 0 heterocycles. The highest BCUT2D eigenvalue weighted by atomic mass is 14.8. The third-order valence-corrected chi connectivity index (χ3v) is 0.354. The lowest BCUT2D eigenvalue weighted by atomic mass is 10.1. The Hall–Kier alpha value is 0.115. The van der Waals surface area contributed by atoms with Gasteiger partial charge in [-0.2, -0.15) is 0 Å². The topological polar surface area (TPSA) is 24.1 Å². The Labute approximate surface area is 34.9 Å². The quantitative estimate of drug-likeness (QED) is 0.328. The Bertz CT molecular complexity index is 12.4. The molecule has 0 aliphatic heterocycles. The largest absolute Gasteiger partial charge is 0.394 e. The van der Waals surface area contributed by atoms with Crippen LogP contribution in [0.2, 0.25) is 0 Å². The molecule has 0 saturated heterocycles. The predicted molar refractivity (Wildman–Crippen MR) is 30.5 cm³/mol. The summed E-state index contributed by atoms with van der Waals surface area (Å²) < 4.78 is 0. The molecule has 0 aliphatic carbocycles. The van der Waals surface area contributed by atoms with Gasteiger partial charge in [0, 0.05) is 0 Å². The second kappa shape index (κ2) is 4.11. The summed E-state index contributed by atoms with van der Waals surface area (Å²) in [4.78, 5) is 0. The van der Waals surface area contributed by atoms with E-state index in [0.29, 0.717) is 0 Å². The van der Waals surface area contributed by atoms with Crippen molar-refractivity contribution in [1.82, 2.24) is 10.3 Å². The first kappa shape index (κ1) is 5.11. The van der Waals surface area contributed by atoms with E-state index >= 15 is 0 Å². The summed E-state index contributed by atoms with van der Waals surface area (Å²) in [5.74, 6) is 0. The van der Waals surface area contributed by atoms with Crippen molar-refractivity contribution < 1.29 is 0 Å². The number of nitrogens with one attached hydrogen (secondary N) is 2. The Morgan fingerprint density at radius 3 is 1.60 bits per heavy atom. The SMILES string of the molecule is BNBNB. The first-order chi connectivity index (χ1) is 2.41. The van der Waals surface area contributed by atoms with Crippen LogP contribution >= 0.6 is 0 Å². The molecular weight excluding hydrogens is 60.4 g/mol. The maximum atomic E-state index is 2.91. The molecule has 0 aromatic heterocycles. The van der Waals surface area contributed by atoms with Gasteiger partial charge >= 0.3 is 0 Å². The van der Waals surface area contributed by atoms with Crippen molar-refractivity contribution in [1.29, 1.82) is 0 Å². The maximum Gasteiger partial charge on any atom is 0.262 e. The molecule has 5 heavy (non-hydrogen) atoms. The van der Waals surface area contributed by atoms with E-state index < -0.39 is 0 Å². The molecular formula is H7B3N2. The predicted octanol–water partition coefficient (Wildman–Crippen LogP) is -3.47. The van der Waals surface area contributed by atoms with Crippen molar-refractivity contribution >= 4 is 23.5 Å². The van der Waals surface area contributed by atoms with E-state index in [4.69, 9.17) is 0 Å². The number of hydrogen-bond acceptors (Lipinski definition) is 2. The van der Waals surface area contributed by atoms with E-state index in [0.717, 1.165) is 7.55 Å². The fraction of sp³-hybridized carbons (Fsp3) is 0. The molecule has 0 aromatic rings. The van der Waals surface area contributed by atoms with Crippen molar-refractivity contribution in [3.05, 3.63) is 0 Å². The zero-order valence-corrected chi connectivity index (χ0v) is 3.71. The summed E-state index contributed by atoms with van der Waals surface area (Å²) in [7, 11) is 4.69. The molecule has 0 fully saturated rings. The van der Waals surface area contributed by atoms with Crippen molar-refractivity contribution in [3.8, 4) is 0 Å². The lowest BCUT2D eigenvalue weighted by molar-refractivity contribution is 1.47. The minimum atomic E-state index is 0.889. The smallest absolute Gasteiger partial charge is 0.262 e. The van der Waals surface area contributed by atoms with Gasteiger partial charge in [0.05, 0.1) is 0 Å². The van der Waals surface area contributed by atoms with E-state index in [-0.39, 0.29) is 0 Å². The first-order valence-electron chi connectivity index (χ1n) is 1.71. The third kappa shape index (κ3) is 4.11. The molecule has 2 N–H and O–H groups in total. The van der Waals surface area contributed by atoms with E-state index in [1.54, 1.807) is 0 Å². The summed E-state index contributed by atoms with van der Waals surface area (Å²) in [6, 6.07) is 0. The zero-order chi connectivity index (χ0) is 4.12. The molecule has 0 atom stereocenters. The Morgan fingerprint density at radius 1 is 1.20 bits per heavy atom. The Balaban J connectivity index is 2.19. The molecule has 0 spiro atoms. The summed E-state index contributed by atoms with van der Waals surface area (Å²) in [6.45, 7) is 0. The Morgan fingerprint density at radius 2 is 1.60 bits per heavy atom. The maximum absolute atomic E-state index is 2.91. The van der Waals surface area contributed by atoms with Crippen LogP contribution in [0.1, 0.15) is 0 Å². The van der Waals surface area contributed by atoms with Gasteiger partial charge in [0.25, 0.3) is 7.55 Å². The van der Waals surface area contributed by atoms with Crippen molar-refractivity contribution in [2.75, 3.05) is 0 Å². The van der Waals surface area contributed by atoms with Gasteiger partial charge in [-0.05, 0) is 0 Å². The van der Waals surface area contributed by atoms with Gasteiger partial charge in [-0.1, -0.05) is 0 Å². The van der Waals surface area contributed by atoms with Crippen LogP contribution in [0, 0.1) is 0 Å². The van der Waals surface area contributed by atoms with Gasteiger partial charge in [-0.3, -0.25) is 0 Å². The standard InChI is InChI=1S/B3H7N2/c1-4-3-5-2/h3-5H,1-2H2. The van der Waals surface area contributed by atoms with Gasteiger partial charge in [-0.25, -0.2) is 0 Å². The van der Waals surface area contributed by atoms with Gasteiger partial charge in [-0.15, -0.1) is 0 Å². The van der Waals surface area contributed by atoms with Crippen LogP contribution < -0.4 is 10.3 Å². The van der Waals surface area contributed by atoms with Crippen LogP contribution in [0.4, 0.5) is 0 Å². The summed E-state index contributed by atoms with van der Waals surface area (Å²) in [6.07, 6.45) is 0. The molecule has 2 nitrogen and oxygen atoms in total. The first-order valence-corrected chi connectivity index (χ1v) is 1.71. The monoisotopic (exact) mass is 68.1 g/mol. The fourth-order valence-corrected chi connectivity index (χ4v) is 0.177. The second-order valence-corrected chi connectivity index (χ2v) is 0.884. The lowest BCUT2D eigenvalue weighted by Gasteiger charge is -1.84. The number of rotatable bonds is 2. The molecule has 0 radical (unpaired) electrons. The van der Waals surface area contributed by atoms with E-state index in [1.807, 2.05) is 16.0 Å². The van der Waals surface area contributed by atoms with Gasteiger partial charge in [0.2, 0.25) is 0 Å². The van der Waals surface area contributed by atoms with Gasteiger partial charge < -0.3 is 10.3 Å². The van der Waals surface area contributed by atoms with E-state index in [9.17, 15) is 0 Å². The molecule has 0 rings (SSSR count). The molecule has 0 saturated carbocycles. The van der Waals surface area contributed by atoms with Crippen LogP contribution in [0.15, 0.2) is 0 Å². The second-order valence-electron chi connectivity index (χ2n) is 0.884. The molecule has 0 amide bonds. The normalized spacial score (nSPS) is 7.20. The summed E-state index contributed by atoms with van der Waals surface area (Å²) in [5, 5.41) is 5.81. The van der Waals surface area contributed by atoms with E-state index in [2.05, 4.69) is 10.3 Å². The fourth-order valence-electron chi connectivity index (χ4n) is 0.177. The molecule has 0 bridgehead atoms. The summed E-state index contributed by atoms with van der Waals surface area (Å²) >= 11 is 0. The van der Waals surface area contributed by atoms with Crippen molar-refractivity contribution in [2.24, 2.45) is 0 Å². The molecule has 26 valence electrons. The van der Waals surface area contributed by atoms with Crippen LogP contribution in [0.25, 0.3) is 0 Å². The highest BCUT2D eigenvalue weighted by molar-refractivity contribution is 6.46. The van der Waals surface area contributed by atoms with Crippen LogP contribution in [0.5, 0.6) is 0 Å². The zero-order valence-electron chi connectivity index (χ0n) is 3.71. The molecule has 0 unspecified atom stereocenters.